The average molecular weight is 470 g/mol. The number of carbonyl (C=O) groups is 1. The summed E-state index contributed by atoms with van der Waals surface area (Å²) in [4.78, 5) is 12.2. The fourth-order valence-corrected chi connectivity index (χ4v) is 3.50. The van der Waals surface area contributed by atoms with Crippen molar-refractivity contribution in [2.45, 2.75) is 20.0 Å². The van der Waals surface area contributed by atoms with Crippen molar-refractivity contribution in [2.24, 2.45) is 0 Å². The molecule has 0 aromatic heterocycles. The van der Waals surface area contributed by atoms with Crippen LogP contribution in [-0.4, -0.2) is 38.4 Å². The van der Waals surface area contributed by atoms with Gasteiger partial charge in [-0.05, 0) is 33.7 Å². The fourth-order valence-electron chi connectivity index (χ4n) is 2.64. The van der Waals surface area contributed by atoms with Gasteiger partial charge < -0.3 is 18.9 Å². The Hall–Kier alpha value is -0.240. The molecular weight excluding hydrogens is 450 g/mol. The number of methoxy groups -OCH3 is 1. The molecule has 1 aromatic rings. The van der Waals surface area contributed by atoms with Crippen LogP contribution in [0.1, 0.15) is 27.0 Å². The van der Waals surface area contributed by atoms with E-state index in [-0.39, 0.29) is 12.6 Å². The summed E-state index contributed by atoms with van der Waals surface area (Å²) in [6, 6.07) is 0. The van der Waals surface area contributed by atoms with Crippen molar-refractivity contribution in [3.05, 3.63) is 22.3 Å². The topological polar surface area (TPSA) is 54.0 Å². The predicted octanol–water partition coefficient (Wildman–Crippen LogP) is 3.53. The Kier molecular flexibility index (Phi) is 7.72. The van der Waals surface area contributed by atoms with Crippen LogP contribution in [0.15, 0.2) is 0 Å². The van der Waals surface area contributed by atoms with E-state index in [9.17, 15) is 4.79 Å². The standard InChI is InChI=1S/C15H20IO5PS/c1-9-11-7-21-15(17)12(11)14(20-5-6-23-16)10(13(9)18-2)3-4-19-8-22/h3-8,22H2,1-2H3. The summed E-state index contributed by atoms with van der Waals surface area (Å²) in [5.41, 5.74) is 3.21. The van der Waals surface area contributed by atoms with Crippen molar-refractivity contribution in [1.29, 1.82) is 0 Å². The zero-order valence-electron chi connectivity index (χ0n) is 13.1. The number of rotatable bonds is 9. The highest BCUT2D eigenvalue weighted by atomic mass is 127. The first-order valence-corrected chi connectivity index (χ1v) is 11.5. The zero-order chi connectivity index (χ0) is 16.8. The molecule has 0 radical (unpaired) electrons. The Labute approximate surface area is 154 Å². The smallest absolute Gasteiger partial charge is 0.342 e. The first kappa shape index (κ1) is 19.1. The summed E-state index contributed by atoms with van der Waals surface area (Å²) in [5, 5.41) is 0. The van der Waals surface area contributed by atoms with Gasteiger partial charge in [0.2, 0.25) is 0 Å². The first-order valence-electron chi connectivity index (χ1n) is 7.19. The van der Waals surface area contributed by atoms with Gasteiger partial charge >= 0.3 is 5.97 Å². The van der Waals surface area contributed by atoms with Crippen LogP contribution < -0.4 is 9.47 Å². The van der Waals surface area contributed by atoms with Crippen LogP contribution in [-0.2, 0) is 22.5 Å². The second-order valence-electron chi connectivity index (χ2n) is 4.88. The van der Waals surface area contributed by atoms with E-state index in [1.807, 2.05) is 6.92 Å². The van der Waals surface area contributed by atoms with Crippen LogP contribution in [0.4, 0.5) is 0 Å². The van der Waals surface area contributed by atoms with Gasteiger partial charge in [0.1, 0.15) is 23.7 Å². The van der Waals surface area contributed by atoms with Crippen LogP contribution in [0.25, 0.3) is 0 Å². The van der Waals surface area contributed by atoms with Crippen LogP contribution >= 0.6 is 39.4 Å². The van der Waals surface area contributed by atoms with E-state index in [0.717, 1.165) is 28.2 Å². The van der Waals surface area contributed by atoms with Crippen molar-refractivity contribution in [2.75, 3.05) is 32.4 Å². The molecule has 1 aliphatic rings. The Morgan fingerprint density at radius 1 is 1.35 bits per heavy atom. The number of ether oxygens (including phenoxy) is 4. The molecule has 1 aliphatic heterocycles. The number of esters is 1. The van der Waals surface area contributed by atoms with E-state index in [4.69, 9.17) is 18.9 Å². The molecule has 1 heterocycles. The van der Waals surface area contributed by atoms with Crippen molar-refractivity contribution in [3.8, 4) is 11.5 Å². The van der Waals surface area contributed by atoms with Gasteiger partial charge in [-0.3, -0.25) is 0 Å². The van der Waals surface area contributed by atoms with Gasteiger partial charge in [-0.2, -0.15) is 0 Å². The summed E-state index contributed by atoms with van der Waals surface area (Å²) in [5.74, 6) is 1.85. The molecule has 8 heteroatoms. The number of hydrogen-bond donors (Lipinski definition) is 0. The van der Waals surface area contributed by atoms with E-state index >= 15 is 0 Å². The maximum atomic E-state index is 12.2. The van der Waals surface area contributed by atoms with E-state index in [1.165, 1.54) is 0 Å². The monoisotopic (exact) mass is 470 g/mol. The highest BCUT2D eigenvalue weighted by Gasteiger charge is 2.33. The maximum Gasteiger partial charge on any atom is 0.342 e. The third-order valence-corrected chi connectivity index (χ3v) is 5.53. The number of benzene rings is 1. The molecule has 0 saturated heterocycles. The maximum absolute atomic E-state index is 12.2. The number of hydrogen-bond acceptors (Lipinski definition) is 6. The lowest BCUT2D eigenvalue weighted by molar-refractivity contribution is 0.0532. The molecule has 1 unspecified atom stereocenters. The molecule has 0 bridgehead atoms. The molecule has 23 heavy (non-hydrogen) atoms. The molecule has 0 fully saturated rings. The lowest BCUT2D eigenvalue weighted by atomic mass is 9.95. The van der Waals surface area contributed by atoms with Gasteiger partial charge in [-0.15, -0.1) is 9.24 Å². The van der Waals surface area contributed by atoms with Gasteiger partial charge in [0, 0.05) is 23.3 Å². The molecule has 2 rings (SSSR count). The average Bonchev–Trinajstić information content (AvgIpc) is 2.93. The second kappa shape index (κ2) is 9.30. The normalized spacial score (nSPS) is 13.0. The molecular formula is C15H20IO5PS. The minimum Gasteiger partial charge on any atom is -0.496 e. The van der Waals surface area contributed by atoms with Gasteiger partial charge in [-0.25, -0.2) is 4.79 Å². The van der Waals surface area contributed by atoms with E-state index in [1.54, 1.807) is 16.0 Å². The molecule has 0 aliphatic carbocycles. The number of fused-ring (bicyclic) bond motifs is 1. The van der Waals surface area contributed by atoms with Gasteiger partial charge in [0.25, 0.3) is 0 Å². The SMILES string of the molecule is COc1c(C)c2c(c(OCCSI)c1CCOCP)C(=O)OC2. The fraction of sp³-hybridized carbons (Fsp3) is 0.533. The largest absolute Gasteiger partial charge is 0.496 e. The third kappa shape index (κ3) is 4.24. The van der Waals surface area contributed by atoms with Gasteiger partial charge in [0.15, 0.2) is 0 Å². The lowest BCUT2D eigenvalue weighted by Gasteiger charge is -2.20. The number of carbonyl (C=O) groups excluding carboxylic acids is 1. The quantitative estimate of drug-likeness (QED) is 0.238. The molecule has 1 aromatic carbocycles. The van der Waals surface area contributed by atoms with Crippen molar-refractivity contribution in [1.82, 2.24) is 0 Å². The number of cyclic esters (lactones) is 1. The van der Waals surface area contributed by atoms with Crippen molar-refractivity contribution >= 4 is 45.3 Å². The summed E-state index contributed by atoms with van der Waals surface area (Å²) in [6.07, 6.45) is 1.18. The Morgan fingerprint density at radius 3 is 2.78 bits per heavy atom. The summed E-state index contributed by atoms with van der Waals surface area (Å²) >= 11 is 2.22. The van der Waals surface area contributed by atoms with Crippen LogP contribution in [0, 0.1) is 6.92 Å². The van der Waals surface area contributed by atoms with Gasteiger partial charge in [-0.1, -0.05) is 8.93 Å². The van der Waals surface area contributed by atoms with Crippen molar-refractivity contribution in [3.63, 3.8) is 0 Å². The van der Waals surface area contributed by atoms with Gasteiger partial charge in [0.05, 0.1) is 26.7 Å². The van der Waals surface area contributed by atoms with Crippen LogP contribution in [0.5, 0.6) is 11.5 Å². The third-order valence-electron chi connectivity index (χ3n) is 3.65. The van der Waals surface area contributed by atoms with Crippen molar-refractivity contribution < 1.29 is 23.7 Å². The molecule has 0 amide bonds. The summed E-state index contributed by atoms with van der Waals surface area (Å²) in [7, 11) is 5.83. The molecule has 0 saturated carbocycles. The molecule has 0 spiro atoms. The molecule has 1 atom stereocenters. The molecule has 128 valence electrons. The summed E-state index contributed by atoms with van der Waals surface area (Å²) in [6.45, 7) is 3.28. The van der Waals surface area contributed by atoms with E-state index in [2.05, 4.69) is 30.4 Å². The lowest BCUT2D eigenvalue weighted by Crippen LogP contribution is -2.12. The van der Waals surface area contributed by atoms with E-state index in [0.29, 0.717) is 37.3 Å². The summed E-state index contributed by atoms with van der Waals surface area (Å²) < 4.78 is 22.2. The second-order valence-corrected chi connectivity index (χ2v) is 7.71. The highest BCUT2D eigenvalue weighted by Crippen LogP contribution is 2.42. The molecule has 0 N–H and O–H groups in total. The Morgan fingerprint density at radius 2 is 2.13 bits per heavy atom. The van der Waals surface area contributed by atoms with E-state index < -0.39 is 0 Å². The Balaban J connectivity index is 2.48. The minimum atomic E-state index is -0.323. The molecule has 5 nitrogen and oxygen atoms in total. The zero-order valence-corrected chi connectivity index (χ0v) is 17.3. The minimum absolute atomic E-state index is 0.274. The van der Waals surface area contributed by atoms with Crippen LogP contribution in [0.2, 0.25) is 0 Å². The van der Waals surface area contributed by atoms with Crippen LogP contribution in [0.3, 0.4) is 0 Å². The number of halogens is 1. The predicted molar refractivity (Wildman–Crippen MR) is 103 cm³/mol. The first-order chi connectivity index (χ1) is 11.2. The highest BCUT2D eigenvalue weighted by molar-refractivity contribution is 14.2. The Bertz CT molecular complexity index is 582.